The fraction of sp³-hybridized carbons (Fsp3) is 0.133. The highest BCUT2D eigenvalue weighted by atomic mass is 35.5. The molecule has 23 heavy (non-hydrogen) atoms. The molecule has 0 aliphatic heterocycles. The summed E-state index contributed by atoms with van der Waals surface area (Å²) in [7, 11) is 1.39. The molecule has 0 aliphatic rings. The van der Waals surface area contributed by atoms with Gasteiger partial charge in [-0.3, -0.25) is 0 Å². The van der Waals surface area contributed by atoms with Crippen LogP contribution in [-0.2, 0) is 11.0 Å². The smallest absolute Gasteiger partial charge is 0.344 e. The largest absolute Gasteiger partial charge is 0.418 e. The molecule has 8 heteroatoms. The molecule has 120 valence electrons. The fourth-order valence-electron chi connectivity index (χ4n) is 2.00. The molecule has 0 radical (unpaired) electrons. The molecule has 0 amide bonds. The van der Waals surface area contributed by atoms with E-state index in [1.165, 1.54) is 36.2 Å². The lowest BCUT2D eigenvalue weighted by Gasteiger charge is -2.24. The third-order valence-corrected chi connectivity index (χ3v) is 3.40. The molecule has 2 rings (SSSR count). The molecular formula is C15H9ClF4N2O. The Hall–Kier alpha value is -2.37. The molecule has 0 saturated carbocycles. The Labute approximate surface area is 133 Å². The highest BCUT2D eigenvalue weighted by Crippen LogP contribution is 2.40. The van der Waals surface area contributed by atoms with Crippen LogP contribution in [0.5, 0.6) is 0 Å². The van der Waals surface area contributed by atoms with Crippen molar-refractivity contribution in [3.05, 3.63) is 52.8 Å². The minimum atomic E-state index is -4.66. The molecular weight excluding hydrogens is 336 g/mol. The van der Waals surface area contributed by atoms with Crippen LogP contribution in [0.15, 0.2) is 41.4 Å². The molecule has 2 aromatic rings. The Balaban J connectivity index is 2.56. The van der Waals surface area contributed by atoms with E-state index >= 15 is 0 Å². The second-order valence-corrected chi connectivity index (χ2v) is 4.97. The molecule has 2 aromatic carbocycles. The van der Waals surface area contributed by atoms with Crippen LogP contribution < -0.4 is 4.90 Å². The van der Waals surface area contributed by atoms with E-state index in [0.29, 0.717) is 0 Å². The van der Waals surface area contributed by atoms with E-state index in [2.05, 4.69) is 4.99 Å². The molecule has 3 nitrogen and oxygen atoms in total. The zero-order valence-electron chi connectivity index (χ0n) is 11.7. The Morgan fingerprint density at radius 2 is 1.87 bits per heavy atom. The predicted octanol–water partition coefficient (Wildman–Crippen LogP) is 5.23. The van der Waals surface area contributed by atoms with E-state index in [0.717, 1.165) is 18.2 Å². The van der Waals surface area contributed by atoms with Gasteiger partial charge in [-0.05, 0) is 36.4 Å². The molecule has 0 N–H and O–H groups in total. The van der Waals surface area contributed by atoms with Crippen molar-refractivity contribution in [3.8, 4) is 0 Å². The summed E-state index contributed by atoms with van der Waals surface area (Å²) in [4.78, 5) is 14.6. The van der Waals surface area contributed by atoms with Gasteiger partial charge in [-0.1, -0.05) is 11.6 Å². The van der Waals surface area contributed by atoms with Crippen LogP contribution in [-0.4, -0.2) is 13.1 Å². The maximum Gasteiger partial charge on any atom is 0.418 e. The highest BCUT2D eigenvalue weighted by Gasteiger charge is 2.35. The van der Waals surface area contributed by atoms with Gasteiger partial charge in [-0.15, -0.1) is 0 Å². The van der Waals surface area contributed by atoms with Crippen LogP contribution in [0.1, 0.15) is 5.56 Å². The third kappa shape index (κ3) is 3.70. The maximum absolute atomic E-state index is 13.2. The first-order valence-corrected chi connectivity index (χ1v) is 6.59. The van der Waals surface area contributed by atoms with Gasteiger partial charge in [-0.2, -0.15) is 18.2 Å². The lowest BCUT2D eigenvalue weighted by Crippen LogP contribution is -2.16. The first-order valence-electron chi connectivity index (χ1n) is 6.22. The standard InChI is InChI=1S/C15H9ClF4N2O/c1-22(10-3-4-13(17)12(16)7-10)14-5-2-9(21-8-23)6-11(14)15(18,19)20/h2-7H,1H3. The zero-order chi connectivity index (χ0) is 17.2. The van der Waals surface area contributed by atoms with Gasteiger partial charge in [-0.25, -0.2) is 9.18 Å². The van der Waals surface area contributed by atoms with Crippen LogP contribution in [0, 0.1) is 5.82 Å². The molecule has 0 aliphatic carbocycles. The number of anilines is 2. The van der Waals surface area contributed by atoms with Crippen LogP contribution in [0.25, 0.3) is 0 Å². The second-order valence-electron chi connectivity index (χ2n) is 4.56. The summed E-state index contributed by atoms with van der Waals surface area (Å²) < 4.78 is 52.9. The van der Waals surface area contributed by atoms with Crippen molar-refractivity contribution in [1.82, 2.24) is 0 Å². The monoisotopic (exact) mass is 344 g/mol. The van der Waals surface area contributed by atoms with Crippen molar-refractivity contribution >= 4 is 34.7 Å². The zero-order valence-corrected chi connectivity index (χ0v) is 12.4. The number of hydrogen-bond acceptors (Lipinski definition) is 3. The molecule has 0 saturated heterocycles. The summed E-state index contributed by atoms with van der Waals surface area (Å²) in [5.41, 5.74) is -1.07. The lowest BCUT2D eigenvalue weighted by molar-refractivity contribution is -0.137. The maximum atomic E-state index is 13.2. The minimum Gasteiger partial charge on any atom is -0.344 e. The van der Waals surface area contributed by atoms with Gasteiger partial charge in [0.1, 0.15) is 5.82 Å². The van der Waals surface area contributed by atoms with Gasteiger partial charge >= 0.3 is 6.18 Å². The van der Waals surface area contributed by atoms with Gasteiger partial charge in [0, 0.05) is 12.7 Å². The fourth-order valence-corrected chi connectivity index (χ4v) is 2.17. The number of hydrogen-bond donors (Lipinski definition) is 0. The number of rotatable bonds is 3. The van der Waals surface area contributed by atoms with E-state index in [-0.39, 0.29) is 22.1 Å². The van der Waals surface area contributed by atoms with Crippen LogP contribution >= 0.6 is 11.6 Å². The second kappa shape index (κ2) is 6.40. The Morgan fingerprint density at radius 3 is 2.43 bits per heavy atom. The lowest BCUT2D eigenvalue weighted by atomic mass is 10.1. The van der Waals surface area contributed by atoms with E-state index in [4.69, 9.17) is 11.6 Å². The topological polar surface area (TPSA) is 32.7 Å². The Bertz CT molecular complexity index is 786. The molecule has 0 unspecified atom stereocenters. The molecule has 0 bridgehead atoms. The molecule has 0 aromatic heterocycles. The van der Waals surface area contributed by atoms with E-state index < -0.39 is 17.6 Å². The van der Waals surface area contributed by atoms with Gasteiger partial charge in [0.15, 0.2) is 0 Å². The van der Waals surface area contributed by atoms with Gasteiger partial charge in [0.2, 0.25) is 6.08 Å². The van der Waals surface area contributed by atoms with Crippen molar-refractivity contribution in [1.29, 1.82) is 0 Å². The van der Waals surface area contributed by atoms with Gasteiger partial charge < -0.3 is 4.90 Å². The summed E-state index contributed by atoms with van der Waals surface area (Å²) in [5.74, 6) is -0.671. The normalized spacial score (nSPS) is 11.0. The van der Waals surface area contributed by atoms with Crippen molar-refractivity contribution in [3.63, 3.8) is 0 Å². The summed E-state index contributed by atoms with van der Waals surface area (Å²) in [5, 5.41) is -0.204. The summed E-state index contributed by atoms with van der Waals surface area (Å²) in [6.45, 7) is 0. The highest BCUT2D eigenvalue weighted by molar-refractivity contribution is 6.31. The minimum absolute atomic E-state index is 0.165. The number of benzene rings is 2. The van der Waals surface area contributed by atoms with E-state index in [1.807, 2.05) is 0 Å². The number of alkyl halides is 3. The van der Waals surface area contributed by atoms with Crippen molar-refractivity contribution in [2.24, 2.45) is 4.99 Å². The summed E-state index contributed by atoms with van der Waals surface area (Å²) in [6, 6.07) is 6.73. The van der Waals surface area contributed by atoms with Crippen molar-refractivity contribution in [2.75, 3.05) is 11.9 Å². The number of isocyanates is 1. The van der Waals surface area contributed by atoms with E-state index in [1.54, 1.807) is 0 Å². The molecule has 0 heterocycles. The molecule has 0 fully saturated rings. The van der Waals surface area contributed by atoms with Crippen molar-refractivity contribution in [2.45, 2.75) is 6.18 Å². The van der Waals surface area contributed by atoms with Crippen molar-refractivity contribution < 1.29 is 22.4 Å². The van der Waals surface area contributed by atoms with E-state index in [9.17, 15) is 22.4 Å². The number of halogens is 5. The molecule has 0 atom stereocenters. The van der Waals surface area contributed by atoms with Crippen LogP contribution in [0.3, 0.4) is 0 Å². The average molecular weight is 345 g/mol. The first-order chi connectivity index (χ1) is 10.7. The average Bonchev–Trinajstić information content (AvgIpc) is 2.49. The van der Waals surface area contributed by atoms with Crippen LogP contribution in [0.2, 0.25) is 5.02 Å². The number of aliphatic imine (C=N–C) groups is 1. The predicted molar refractivity (Wildman–Crippen MR) is 78.7 cm³/mol. The number of nitrogens with zero attached hydrogens (tertiary/aromatic N) is 2. The SMILES string of the molecule is CN(c1ccc(F)c(Cl)c1)c1ccc(N=C=O)cc1C(F)(F)F. The van der Waals surface area contributed by atoms with Crippen LogP contribution in [0.4, 0.5) is 34.6 Å². The quantitative estimate of drug-likeness (QED) is 0.433. The Kier molecular flexibility index (Phi) is 4.73. The Morgan fingerprint density at radius 1 is 1.17 bits per heavy atom. The molecule has 0 spiro atoms. The third-order valence-electron chi connectivity index (χ3n) is 3.11. The summed E-state index contributed by atoms with van der Waals surface area (Å²) in [6.07, 6.45) is -3.47. The summed E-state index contributed by atoms with van der Waals surface area (Å²) >= 11 is 5.66. The number of carbonyl (C=O) groups excluding carboxylic acids is 1. The first kappa shape index (κ1) is 17.0. The van der Waals surface area contributed by atoms with Gasteiger partial charge in [0.05, 0.1) is 22.0 Å². The van der Waals surface area contributed by atoms with Gasteiger partial charge in [0.25, 0.3) is 0 Å².